The highest BCUT2D eigenvalue weighted by Crippen LogP contribution is 2.53. The van der Waals surface area contributed by atoms with Crippen LogP contribution in [0.15, 0.2) is 97.1 Å². The van der Waals surface area contributed by atoms with Gasteiger partial charge in [-0.1, -0.05) is 82.5 Å². The Morgan fingerprint density at radius 3 is 2.02 bits per heavy atom. The summed E-state index contributed by atoms with van der Waals surface area (Å²) >= 11 is 0. The second kappa shape index (κ2) is 19.3. The molecule has 0 radical (unpaired) electrons. The molecule has 1 unspecified atom stereocenters. The molecule has 60 heavy (non-hydrogen) atoms. The summed E-state index contributed by atoms with van der Waals surface area (Å²) in [4.78, 5) is 36.1. The number of fused-ring (bicyclic) bond motifs is 4. The van der Waals surface area contributed by atoms with Crippen molar-refractivity contribution in [2.45, 2.75) is 52.1 Å². The molecule has 11 nitrogen and oxygen atoms in total. The van der Waals surface area contributed by atoms with Crippen LogP contribution in [0.1, 0.15) is 74.3 Å². The Kier molecular flexibility index (Phi) is 13.9. The maximum absolute atomic E-state index is 12.4. The third kappa shape index (κ3) is 8.88. The Bertz CT molecular complexity index is 2420. The second-order valence-electron chi connectivity index (χ2n) is 15.1. The summed E-state index contributed by atoms with van der Waals surface area (Å²) in [6.45, 7) is 6.33. The molecule has 1 heterocycles. The van der Waals surface area contributed by atoms with E-state index in [0.717, 1.165) is 33.0 Å². The molecule has 5 aromatic rings. The predicted octanol–water partition coefficient (Wildman–Crippen LogP) is 8.85. The molecule has 0 saturated carbocycles. The van der Waals surface area contributed by atoms with E-state index in [1.807, 2.05) is 36.4 Å². The minimum Gasteiger partial charge on any atom is -0.493 e. The van der Waals surface area contributed by atoms with Gasteiger partial charge in [0.25, 0.3) is 0 Å². The molecular weight excluding hydrogens is 765 g/mol. The van der Waals surface area contributed by atoms with Gasteiger partial charge in [0.15, 0.2) is 34.6 Å². The molecule has 0 bridgehead atoms. The van der Waals surface area contributed by atoms with Gasteiger partial charge in [-0.05, 0) is 104 Å². The summed E-state index contributed by atoms with van der Waals surface area (Å²) in [5.74, 6) is -1.19. The number of aliphatic hydroxyl groups excluding tert-OH is 2. The average Bonchev–Trinajstić information content (AvgIpc) is 3.73. The van der Waals surface area contributed by atoms with Gasteiger partial charge in [-0.25, -0.2) is 0 Å². The fourth-order valence-corrected chi connectivity index (χ4v) is 8.19. The van der Waals surface area contributed by atoms with E-state index < -0.39 is 36.4 Å². The van der Waals surface area contributed by atoms with Crippen molar-refractivity contribution in [3.8, 4) is 28.7 Å². The Labute approximate surface area is 349 Å². The van der Waals surface area contributed by atoms with Crippen LogP contribution >= 0.6 is 0 Å². The van der Waals surface area contributed by atoms with E-state index in [1.54, 1.807) is 24.3 Å². The lowest BCUT2D eigenvalue weighted by atomic mass is 9.65. The molecular formula is C49H52O11. The van der Waals surface area contributed by atoms with Crippen molar-refractivity contribution in [3.63, 3.8) is 0 Å². The fourth-order valence-electron chi connectivity index (χ4n) is 8.19. The highest BCUT2D eigenvalue weighted by molar-refractivity contribution is 6.35. The average molecular weight is 817 g/mol. The fraction of sp³-hybridized carbons (Fsp3) is 0.327. The minimum absolute atomic E-state index is 0.0367. The van der Waals surface area contributed by atoms with Gasteiger partial charge in [-0.15, -0.1) is 0 Å². The van der Waals surface area contributed by atoms with Crippen LogP contribution in [-0.2, 0) is 14.4 Å². The molecule has 0 saturated heterocycles. The minimum atomic E-state index is -1.19. The molecule has 5 atom stereocenters. The Balaban J connectivity index is 0.000000180. The number of hydrogen-bond donors (Lipinski definition) is 3. The topological polar surface area (TPSA) is 158 Å². The molecule has 0 fully saturated rings. The summed E-state index contributed by atoms with van der Waals surface area (Å²) in [5, 5.41) is 35.4. The van der Waals surface area contributed by atoms with E-state index in [4.69, 9.17) is 23.7 Å². The maximum atomic E-state index is 12.4. The number of benzene rings is 5. The largest absolute Gasteiger partial charge is 0.493 e. The SMILES string of the molecule is CCCC(C)CC.COc1cc([C@@H]2c3cc4c(cc3[C@H](O)[C@@H](CO)[C@@H]2C(=O)O)OCO4)cc(OC)c1OC.O=C1C=CC(=O)C(c2cccc3cc4ccccc4cc23)=C1. The first-order valence-corrected chi connectivity index (χ1v) is 20.1. The molecule has 3 N–H and O–H groups in total. The number of methoxy groups -OCH3 is 3. The van der Waals surface area contributed by atoms with Gasteiger partial charge in [0, 0.05) is 24.0 Å². The van der Waals surface area contributed by atoms with Gasteiger partial charge in [0.2, 0.25) is 12.5 Å². The van der Waals surface area contributed by atoms with E-state index in [2.05, 4.69) is 39.0 Å². The van der Waals surface area contributed by atoms with E-state index >= 15 is 0 Å². The number of ether oxygens (including phenoxy) is 5. The lowest BCUT2D eigenvalue weighted by molar-refractivity contribution is -0.148. The zero-order valence-corrected chi connectivity index (χ0v) is 34.8. The Hall–Kier alpha value is -6.17. The number of aliphatic hydroxyl groups is 2. The van der Waals surface area contributed by atoms with Crippen molar-refractivity contribution >= 4 is 44.7 Å². The first kappa shape index (κ1) is 43.4. The van der Waals surface area contributed by atoms with Crippen molar-refractivity contribution in [2.24, 2.45) is 17.8 Å². The molecule has 0 spiro atoms. The summed E-state index contributed by atoms with van der Waals surface area (Å²) in [7, 11) is 4.43. The van der Waals surface area contributed by atoms with Crippen molar-refractivity contribution in [2.75, 3.05) is 34.7 Å². The van der Waals surface area contributed by atoms with Gasteiger partial charge >= 0.3 is 5.97 Å². The van der Waals surface area contributed by atoms with E-state index in [1.165, 1.54) is 58.8 Å². The summed E-state index contributed by atoms with van der Waals surface area (Å²) < 4.78 is 27.2. The molecule has 1 aliphatic heterocycles. The van der Waals surface area contributed by atoms with Gasteiger partial charge in [-0.3, -0.25) is 14.4 Å². The molecule has 0 amide bonds. The number of allylic oxidation sites excluding steroid dienone is 4. The third-order valence-electron chi connectivity index (χ3n) is 11.5. The molecule has 3 aliphatic rings. The Morgan fingerprint density at radius 1 is 0.817 bits per heavy atom. The standard InChI is InChI=1S/C22H24O9.C20H12O2.C7H16/c1-27-16-4-10(5-17(28-2)21(16)29-3)18-11-6-14-15(31-9-30-14)7-12(11)20(24)13(8-23)19(18)22(25)26;21-16-8-9-20(22)19(12-16)17-7-3-6-15-10-13-4-1-2-5-14(13)11-18(15)17;1-4-6-7(3)5-2/h4-7,13,18-20,23-24H,8-9H2,1-3H3,(H,25,26);1-12H;7H,4-6H2,1-3H3/t13-,18+,19-,20-;;/m0../s1. The molecule has 2 aliphatic carbocycles. The summed E-state index contributed by atoms with van der Waals surface area (Å²) in [5.41, 5.74) is 2.91. The van der Waals surface area contributed by atoms with E-state index in [9.17, 15) is 29.7 Å². The van der Waals surface area contributed by atoms with E-state index in [-0.39, 0.29) is 18.4 Å². The van der Waals surface area contributed by atoms with Crippen molar-refractivity contribution in [1.82, 2.24) is 0 Å². The van der Waals surface area contributed by atoms with Crippen molar-refractivity contribution in [3.05, 3.63) is 119 Å². The van der Waals surface area contributed by atoms with Crippen molar-refractivity contribution < 1.29 is 53.4 Å². The van der Waals surface area contributed by atoms with Crippen LogP contribution in [0.5, 0.6) is 28.7 Å². The molecule has 5 aromatic carbocycles. The smallest absolute Gasteiger partial charge is 0.307 e. The highest BCUT2D eigenvalue weighted by Gasteiger charge is 2.47. The lowest BCUT2D eigenvalue weighted by Crippen LogP contribution is -2.40. The van der Waals surface area contributed by atoms with Gasteiger partial charge < -0.3 is 39.0 Å². The zero-order valence-electron chi connectivity index (χ0n) is 34.8. The maximum Gasteiger partial charge on any atom is 0.307 e. The number of ketones is 2. The quantitative estimate of drug-likeness (QED) is 0.0914. The normalized spacial score (nSPS) is 19.3. The Morgan fingerprint density at radius 2 is 1.45 bits per heavy atom. The number of aliphatic carboxylic acids is 1. The molecule has 314 valence electrons. The van der Waals surface area contributed by atoms with Crippen LogP contribution in [0.3, 0.4) is 0 Å². The summed E-state index contributed by atoms with van der Waals surface area (Å²) in [6.07, 6.45) is 6.98. The highest BCUT2D eigenvalue weighted by atomic mass is 16.7. The predicted molar refractivity (Wildman–Crippen MR) is 230 cm³/mol. The van der Waals surface area contributed by atoms with Gasteiger partial charge in [0.1, 0.15) is 0 Å². The number of carbonyl (C=O) groups is 3. The number of carbonyl (C=O) groups excluding carboxylic acids is 2. The third-order valence-corrected chi connectivity index (χ3v) is 11.5. The number of rotatable bonds is 10. The second-order valence-corrected chi connectivity index (χ2v) is 15.1. The van der Waals surface area contributed by atoms with Crippen LogP contribution in [-0.4, -0.2) is 67.6 Å². The first-order chi connectivity index (χ1) is 29.0. The van der Waals surface area contributed by atoms with E-state index in [0.29, 0.717) is 51.0 Å². The zero-order chi connectivity index (χ0) is 43.1. The number of hydrogen-bond acceptors (Lipinski definition) is 10. The van der Waals surface area contributed by atoms with Crippen LogP contribution in [0, 0.1) is 17.8 Å². The van der Waals surface area contributed by atoms with Crippen molar-refractivity contribution in [1.29, 1.82) is 0 Å². The lowest BCUT2D eigenvalue weighted by Gasteiger charge is -2.40. The first-order valence-electron chi connectivity index (χ1n) is 20.1. The molecule has 8 rings (SSSR count). The molecule has 0 aromatic heterocycles. The molecule has 11 heteroatoms. The number of carboxylic acid groups (broad SMARTS) is 1. The van der Waals surface area contributed by atoms with Crippen LogP contribution in [0.4, 0.5) is 0 Å². The monoisotopic (exact) mass is 816 g/mol. The van der Waals surface area contributed by atoms with Gasteiger partial charge in [0.05, 0.1) is 33.4 Å². The summed E-state index contributed by atoms with van der Waals surface area (Å²) in [6, 6.07) is 24.9. The van der Waals surface area contributed by atoms with Gasteiger partial charge in [-0.2, -0.15) is 0 Å². The van der Waals surface area contributed by atoms with Crippen LogP contribution < -0.4 is 23.7 Å². The van der Waals surface area contributed by atoms with Crippen LogP contribution in [0.25, 0.3) is 27.1 Å². The number of carboxylic acids is 1. The van der Waals surface area contributed by atoms with Crippen LogP contribution in [0.2, 0.25) is 0 Å².